The second-order valence-electron chi connectivity index (χ2n) is 8.59. The molecule has 190 valence electrons. The minimum Gasteiger partial charge on any atom is -0.481 e. The molecule has 0 bridgehead atoms. The molecule has 7 heteroatoms. The Labute approximate surface area is 216 Å². The maximum Gasteiger partial charge on any atom is 0.307 e. The van der Waals surface area contributed by atoms with Gasteiger partial charge >= 0.3 is 5.97 Å². The van der Waals surface area contributed by atoms with E-state index in [1.807, 2.05) is 6.92 Å². The fourth-order valence-corrected chi connectivity index (χ4v) is 4.09. The Hall–Kier alpha value is -3.38. The Balaban J connectivity index is 2.10. The van der Waals surface area contributed by atoms with E-state index in [1.54, 1.807) is 31.2 Å². The summed E-state index contributed by atoms with van der Waals surface area (Å²) in [5.74, 6) is -2.74. The molecule has 1 unspecified atom stereocenters. The molecule has 0 fully saturated rings. The number of rotatable bonds is 14. The minimum atomic E-state index is -0.922. The summed E-state index contributed by atoms with van der Waals surface area (Å²) in [5, 5.41) is 17.1. The normalized spacial score (nSPS) is 11.9. The zero-order valence-corrected chi connectivity index (χ0v) is 21.3. The van der Waals surface area contributed by atoms with Gasteiger partial charge in [0, 0.05) is 23.5 Å². The molecule has 2 aromatic rings. The van der Waals surface area contributed by atoms with Gasteiger partial charge in [-0.3, -0.25) is 14.4 Å². The van der Waals surface area contributed by atoms with E-state index in [0.29, 0.717) is 24.0 Å². The van der Waals surface area contributed by atoms with Gasteiger partial charge in [0.25, 0.3) is 0 Å². The quantitative estimate of drug-likeness (QED) is 0.124. The first-order valence-corrected chi connectivity index (χ1v) is 12.3. The number of aryl methyl sites for hydroxylation is 1. The van der Waals surface area contributed by atoms with E-state index in [0.717, 1.165) is 24.5 Å². The van der Waals surface area contributed by atoms with Crippen molar-refractivity contribution in [3.8, 4) is 0 Å². The van der Waals surface area contributed by atoms with Crippen LogP contribution >= 0.6 is 11.6 Å². The second kappa shape index (κ2) is 13.6. The van der Waals surface area contributed by atoms with Crippen LogP contribution in [0, 0.1) is 11.2 Å². The topological polar surface area (TPSA) is 95.3 Å². The third-order valence-corrected chi connectivity index (χ3v) is 6.21. The van der Waals surface area contributed by atoms with Crippen LogP contribution in [0.4, 0.5) is 4.39 Å². The van der Waals surface area contributed by atoms with Crippen LogP contribution in [0.1, 0.15) is 72.5 Å². The Morgan fingerprint density at radius 1 is 1.17 bits per heavy atom. The maximum atomic E-state index is 14.1. The average molecular weight is 512 g/mol. The highest BCUT2D eigenvalue weighted by Crippen LogP contribution is 2.27. The molecule has 36 heavy (non-hydrogen) atoms. The van der Waals surface area contributed by atoms with Crippen LogP contribution in [0.2, 0.25) is 5.02 Å². The van der Waals surface area contributed by atoms with E-state index in [9.17, 15) is 18.8 Å². The number of carboxylic acid groups (broad SMARTS) is 1. The minimum absolute atomic E-state index is 0.0642. The molecule has 2 N–H and O–H groups in total. The van der Waals surface area contributed by atoms with Crippen LogP contribution in [0.5, 0.6) is 0 Å². The van der Waals surface area contributed by atoms with Crippen molar-refractivity contribution in [3.05, 3.63) is 93.8 Å². The number of unbranched alkanes of at least 4 members (excludes halogenated alkanes) is 1. The summed E-state index contributed by atoms with van der Waals surface area (Å²) in [6, 6.07) is 9.43. The molecule has 0 spiro atoms. The van der Waals surface area contributed by atoms with Crippen molar-refractivity contribution in [1.29, 1.82) is 5.41 Å². The number of carboxylic acids is 1. The third kappa shape index (κ3) is 7.82. The van der Waals surface area contributed by atoms with E-state index in [4.69, 9.17) is 22.1 Å². The van der Waals surface area contributed by atoms with Gasteiger partial charge in [0.05, 0.1) is 17.2 Å². The molecular formula is C29H31ClFNO4. The number of carbonyl (C=O) groups is 3. The van der Waals surface area contributed by atoms with Crippen molar-refractivity contribution in [1.82, 2.24) is 0 Å². The number of hydrogen-bond acceptors (Lipinski definition) is 4. The Morgan fingerprint density at radius 2 is 1.83 bits per heavy atom. The first-order valence-electron chi connectivity index (χ1n) is 11.9. The maximum absolute atomic E-state index is 14.1. The summed E-state index contributed by atoms with van der Waals surface area (Å²) in [7, 11) is 0. The van der Waals surface area contributed by atoms with E-state index >= 15 is 0 Å². The fraction of sp³-hybridized carbons (Fsp3) is 0.310. The van der Waals surface area contributed by atoms with E-state index in [2.05, 4.69) is 6.58 Å². The van der Waals surface area contributed by atoms with Crippen molar-refractivity contribution in [3.63, 3.8) is 0 Å². The van der Waals surface area contributed by atoms with Crippen molar-refractivity contribution < 1.29 is 23.9 Å². The molecular weight excluding hydrogens is 481 g/mol. The lowest BCUT2D eigenvalue weighted by molar-refractivity contribution is -0.136. The van der Waals surface area contributed by atoms with Crippen LogP contribution in [-0.4, -0.2) is 28.4 Å². The molecule has 0 saturated heterocycles. The number of nitrogens with one attached hydrogen (secondary N) is 1. The molecule has 0 aliphatic carbocycles. The standard InChI is InChI=1S/C29H31ClFNO4/c1-4-6-9-22(21-13-11-19(12-14-21)15-27(33)34)28(35)18(3)8-7-10-26(32)29(36)23-17-25(31)20(5-2)16-24(23)30/h7-8,11-14,16-17,22,32H,3-6,9-10,15H2,1-2H3,(H,33,34)/b8-7+,32-26?. The summed E-state index contributed by atoms with van der Waals surface area (Å²) < 4.78 is 14.1. The third-order valence-electron chi connectivity index (χ3n) is 5.89. The highest BCUT2D eigenvalue weighted by molar-refractivity contribution is 6.48. The summed E-state index contributed by atoms with van der Waals surface area (Å²) in [6.45, 7) is 7.68. The zero-order valence-electron chi connectivity index (χ0n) is 20.6. The van der Waals surface area contributed by atoms with Gasteiger partial charge in [-0.05, 0) is 41.7 Å². The van der Waals surface area contributed by atoms with Crippen LogP contribution in [0.15, 0.2) is 60.7 Å². The number of halogens is 2. The highest BCUT2D eigenvalue weighted by Gasteiger charge is 2.22. The van der Waals surface area contributed by atoms with Crippen molar-refractivity contribution >= 4 is 34.8 Å². The van der Waals surface area contributed by atoms with Gasteiger partial charge in [0.2, 0.25) is 5.78 Å². The predicted octanol–water partition coefficient (Wildman–Crippen LogP) is 6.92. The van der Waals surface area contributed by atoms with Gasteiger partial charge < -0.3 is 10.5 Å². The number of hydrogen-bond donors (Lipinski definition) is 2. The van der Waals surface area contributed by atoms with Crippen molar-refractivity contribution in [2.75, 3.05) is 0 Å². The zero-order chi connectivity index (χ0) is 26.8. The fourth-order valence-electron chi connectivity index (χ4n) is 3.81. The summed E-state index contributed by atoms with van der Waals surface area (Å²) >= 11 is 6.12. The predicted molar refractivity (Wildman–Crippen MR) is 141 cm³/mol. The second-order valence-corrected chi connectivity index (χ2v) is 8.99. The highest BCUT2D eigenvalue weighted by atomic mass is 35.5. The molecule has 1 atom stereocenters. The number of carbonyl (C=O) groups excluding carboxylic acids is 2. The summed E-state index contributed by atoms with van der Waals surface area (Å²) in [4.78, 5) is 36.7. The smallest absolute Gasteiger partial charge is 0.307 e. The van der Waals surface area contributed by atoms with E-state index in [-0.39, 0.29) is 40.5 Å². The largest absolute Gasteiger partial charge is 0.481 e. The SMILES string of the molecule is C=C(/C=C/CC(=N)C(=O)c1cc(F)c(CC)cc1Cl)C(=O)C(CCCC)c1ccc(CC(=O)O)cc1. The molecule has 0 aliphatic rings. The Morgan fingerprint density at radius 3 is 2.42 bits per heavy atom. The van der Waals surface area contributed by atoms with Gasteiger partial charge in [-0.15, -0.1) is 0 Å². The van der Waals surface area contributed by atoms with Gasteiger partial charge in [-0.25, -0.2) is 4.39 Å². The average Bonchev–Trinajstić information content (AvgIpc) is 2.85. The van der Waals surface area contributed by atoms with E-state index in [1.165, 1.54) is 18.2 Å². The molecule has 2 rings (SSSR count). The number of benzene rings is 2. The van der Waals surface area contributed by atoms with Gasteiger partial charge in [0.1, 0.15) is 5.82 Å². The first-order chi connectivity index (χ1) is 17.1. The van der Waals surface area contributed by atoms with E-state index < -0.39 is 23.5 Å². The lowest BCUT2D eigenvalue weighted by Gasteiger charge is -2.17. The molecule has 0 amide bonds. The lowest BCUT2D eigenvalue weighted by Crippen LogP contribution is -2.15. The Bertz CT molecular complexity index is 1180. The van der Waals surface area contributed by atoms with Gasteiger partial charge in [0.15, 0.2) is 5.78 Å². The number of Topliss-reactive ketones (excluding diaryl/α,β-unsaturated/α-hetero) is 2. The molecule has 0 aliphatic heterocycles. The molecule has 5 nitrogen and oxygen atoms in total. The van der Waals surface area contributed by atoms with Crippen LogP contribution < -0.4 is 0 Å². The lowest BCUT2D eigenvalue weighted by atomic mass is 9.86. The van der Waals surface area contributed by atoms with Gasteiger partial charge in [-0.1, -0.05) is 81.3 Å². The number of allylic oxidation sites excluding steroid dienone is 3. The molecule has 0 aromatic heterocycles. The molecule has 0 heterocycles. The molecule has 2 aromatic carbocycles. The van der Waals surface area contributed by atoms with Crippen LogP contribution in [-0.2, 0) is 22.4 Å². The monoisotopic (exact) mass is 511 g/mol. The van der Waals surface area contributed by atoms with Gasteiger partial charge in [-0.2, -0.15) is 0 Å². The van der Waals surface area contributed by atoms with Crippen molar-refractivity contribution in [2.45, 2.75) is 58.3 Å². The first kappa shape index (κ1) is 28.9. The summed E-state index contributed by atoms with van der Waals surface area (Å²) in [6.07, 6.45) is 5.63. The Kier molecular flexibility index (Phi) is 10.9. The van der Waals surface area contributed by atoms with Crippen molar-refractivity contribution in [2.24, 2.45) is 0 Å². The van der Waals surface area contributed by atoms with Crippen LogP contribution in [0.25, 0.3) is 0 Å². The molecule has 0 saturated carbocycles. The molecule has 0 radical (unpaired) electrons. The number of ketones is 2. The number of aliphatic carboxylic acids is 1. The summed E-state index contributed by atoms with van der Waals surface area (Å²) in [5.41, 5.74) is 1.72. The van der Waals surface area contributed by atoms with Crippen LogP contribution in [0.3, 0.4) is 0 Å².